The van der Waals surface area contributed by atoms with Crippen molar-refractivity contribution in [2.75, 3.05) is 32.8 Å². The summed E-state index contributed by atoms with van der Waals surface area (Å²) in [4.78, 5) is 15.8. The maximum Gasteiger partial charge on any atom is 0.394 e. The lowest BCUT2D eigenvalue weighted by atomic mass is 10.1. The first-order chi connectivity index (χ1) is 14.6. The van der Waals surface area contributed by atoms with E-state index >= 15 is 0 Å². The minimum absolute atomic E-state index is 0.157. The van der Waals surface area contributed by atoms with Crippen LogP contribution in [0.15, 0.2) is 24.3 Å². The first-order valence-electron chi connectivity index (χ1n) is 10.7. The van der Waals surface area contributed by atoms with Crippen LogP contribution in [0.2, 0.25) is 0 Å². The molecule has 0 saturated carbocycles. The third-order valence-electron chi connectivity index (χ3n) is 5.56. The molecule has 1 aromatic carbocycles. The largest absolute Gasteiger partial charge is 0.494 e. The summed E-state index contributed by atoms with van der Waals surface area (Å²) in [5.41, 5.74) is 0. The van der Waals surface area contributed by atoms with Crippen LogP contribution in [0.25, 0.3) is 0 Å². The Labute approximate surface area is 184 Å². The Morgan fingerprint density at radius 1 is 1.06 bits per heavy atom. The van der Waals surface area contributed by atoms with E-state index in [1.165, 1.54) is 19.4 Å². The topological polar surface area (TPSA) is 117 Å². The van der Waals surface area contributed by atoms with Crippen molar-refractivity contribution in [3.8, 4) is 11.5 Å². The van der Waals surface area contributed by atoms with E-state index < -0.39 is 10.4 Å². The van der Waals surface area contributed by atoms with Crippen LogP contribution in [0.1, 0.15) is 46.0 Å². The second-order valence-electron chi connectivity index (χ2n) is 7.97. The standard InChI is InChI=1S/C21H32N2O3.H2O4S/c1-17-5-3-12-22(17)13-4-16-25-19-6-8-20(9-7-19)26-21-10-14-23(15-11-21)18(2)24;1-5(2,3)4/h6-9,17,21H,3-5,10-16H2,1-2H3;(H2,1,2,3,4)/t17-;/m1./s1. The van der Waals surface area contributed by atoms with Gasteiger partial charge in [0.1, 0.15) is 17.6 Å². The van der Waals surface area contributed by atoms with Gasteiger partial charge in [-0.3, -0.25) is 13.9 Å². The second kappa shape index (κ2) is 12.2. The zero-order valence-electron chi connectivity index (χ0n) is 18.3. The van der Waals surface area contributed by atoms with Gasteiger partial charge in [-0.15, -0.1) is 0 Å². The smallest absolute Gasteiger partial charge is 0.394 e. The molecule has 1 atom stereocenters. The van der Waals surface area contributed by atoms with Crippen LogP contribution in [-0.2, 0) is 15.2 Å². The Balaban J connectivity index is 0.000000614. The zero-order valence-corrected chi connectivity index (χ0v) is 19.1. The Hall–Kier alpha value is -1.88. The Bertz CT molecular complexity index is 769. The molecule has 2 heterocycles. The number of nitrogens with zero attached hydrogens (tertiary/aromatic N) is 2. The molecule has 2 saturated heterocycles. The van der Waals surface area contributed by atoms with Gasteiger partial charge >= 0.3 is 10.4 Å². The van der Waals surface area contributed by atoms with Crippen molar-refractivity contribution in [2.24, 2.45) is 0 Å². The van der Waals surface area contributed by atoms with Crippen LogP contribution in [0.4, 0.5) is 0 Å². The van der Waals surface area contributed by atoms with Crippen molar-refractivity contribution in [1.29, 1.82) is 0 Å². The molecule has 2 aliphatic rings. The van der Waals surface area contributed by atoms with E-state index in [0.717, 1.165) is 63.0 Å². The maximum absolute atomic E-state index is 11.4. The number of piperidine rings is 1. The molecule has 0 radical (unpaired) electrons. The molecule has 0 aromatic heterocycles. The lowest BCUT2D eigenvalue weighted by Gasteiger charge is -2.31. The molecule has 1 amide bonds. The summed E-state index contributed by atoms with van der Waals surface area (Å²) in [7, 11) is -4.67. The van der Waals surface area contributed by atoms with Gasteiger partial charge in [0.05, 0.1) is 6.61 Å². The summed E-state index contributed by atoms with van der Waals surface area (Å²) in [6, 6.07) is 8.66. The van der Waals surface area contributed by atoms with Gasteiger partial charge in [0, 0.05) is 45.4 Å². The lowest BCUT2D eigenvalue weighted by Crippen LogP contribution is -2.40. The van der Waals surface area contributed by atoms with Crippen molar-refractivity contribution in [3.63, 3.8) is 0 Å². The maximum atomic E-state index is 11.4. The Morgan fingerprint density at radius 3 is 2.16 bits per heavy atom. The molecule has 2 aliphatic heterocycles. The molecular weight excluding hydrogens is 424 g/mol. The summed E-state index contributed by atoms with van der Waals surface area (Å²) in [6.45, 7) is 8.64. The van der Waals surface area contributed by atoms with Crippen LogP contribution in [0.5, 0.6) is 11.5 Å². The van der Waals surface area contributed by atoms with Gasteiger partial charge in [-0.05, 0) is 57.0 Å². The molecule has 0 aliphatic carbocycles. The monoisotopic (exact) mass is 458 g/mol. The van der Waals surface area contributed by atoms with Gasteiger partial charge in [0.15, 0.2) is 0 Å². The van der Waals surface area contributed by atoms with Crippen LogP contribution in [0, 0.1) is 0 Å². The highest BCUT2D eigenvalue weighted by molar-refractivity contribution is 7.79. The molecule has 10 heteroatoms. The van der Waals surface area contributed by atoms with Crippen LogP contribution >= 0.6 is 0 Å². The highest BCUT2D eigenvalue weighted by Gasteiger charge is 2.22. The summed E-state index contributed by atoms with van der Waals surface area (Å²) >= 11 is 0. The molecule has 176 valence electrons. The fraction of sp³-hybridized carbons (Fsp3) is 0.667. The molecule has 0 spiro atoms. The SMILES string of the molecule is CC(=O)N1CCC(Oc2ccc(OCCCN3CCC[C@H]3C)cc2)CC1.O=S(=O)(O)O. The molecule has 1 aromatic rings. The average Bonchev–Trinajstić information content (AvgIpc) is 3.10. The number of hydrogen-bond acceptors (Lipinski definition) is 6. The molecule has 0 bridgehead atoms. The van der Waals surface area contributed by atoms with Gasteiger partial charge in [-0.25, -0.2) is 0 Å². The molecular formula is C21H34N2O7S. The summed E-state index contributed by atoms with van der Waals surface area (Å²) < 4.78 is 43.5. The van der Waals surface area contributed by atoms with Crippen LogP contribution in [0.3, 0.4) is 0 Å². The minimum Gasteiger partial charge on any atom is -0.494 e. The van der Waals surface area contributed by atoms with Crippen molar-refractivity contribution in [3.05, 3.63) is 24.3 Å². The third-order valence-corrected chi connectivity index (χ3v) is 5.56. The number of benzene rings is 1. The van der Waals surface area contributed by atoms with E-state index in [2.05, 4.69) is 11.8 Å². The number of carbonyl (C=O) groups excluding carboxylic acids is 1. The van der Waals surface area contributed by atoms with Crippen molar-refractivity contribution >= 4 is 16.3 Å². The van der Waals surface area contributed by atoms with Crippen molar-refractivity contribution < 1.29 is 31.8 Å². The Morgan fingerprint density at radius 2 is 1.65 bits per heavy atom. The molecule has 31 heavy (non-hydrogen) atoms. The predicted molar refractivity (Wildman–Crippen MR) is 117 cm³/mol. The van der Waals surface area contributed by atoms with E-state index in [1.807, 2.05) is 29.2 Å². The molecule has 2 N–H and O–H groups in total. The van der Waals surface area contributed by atoms with E-state index in [-0.39, 0.29) is 12.0 Å². The average molecular weight is 459 g/mol. The molecule has 3 rings (SSSR count). The van der Waals surface area contributed by atoms with Crippen molar-refractivity contribution in [1.82, 2.24) is 9.80 Å². The highest BCUT2D eigenvalue weighted by atomic mass is 32.3. The van der Waals surface area contributed by atoms with E-state index in [4.69, 9.17) is 27.0 Å². The number of likely N-dealkylation sites (tertiary alicyclic amines) is 2. The predicted octanol–water partition coefficient (Wildman–Crippen LogP) is 2.68. The Kier molecular flexibility index (Phi) is 10.0. The number of amides is 1. The van der Waals surface area contributed by atoms with E-state index in [9.17, 15) is 4.79 Å². The number of rotatable bonds is 7. The summed E-state index contributed by atoms with van der Waals surface area (Å²) in [6.07, 6.45) is 5.71. The first-order valence-corrected chi connectivity index (χ1v) is 12.1. The zero-order chi connectivity index (χ0) is 22.9. The molecule has 9 nitrogen and oxygen atoms in total. The summed E-state index contributed by atoms with van der Waals surface area (Å²) in [5.74, 6) is 1.94. The highest BCUT2D eigenvalue weighted by Crippen LogP contribution is 2.22. The lowest BCUT2D eigenvalue weighted by molar-refractivity contribution is -0.130. The normalized spacial score (nSPS) is 20.1. The van der Waals surface area contributed by atoms with Crippen LogP contribution < -0.4 is 9.47 Å². The minimum atomic E-state index is -4.67. The number of ether oxygens (including phenoxy) is 2. The fourth-order valence-electron chi connectivity index (χ4n) is 3.88. The first kappa shape index (κ1) is 25.4. The van der Waals surface area contributed by atoms with Gasteiger partial charge < -0.3 is 19.3 Å². The number of carbonyl (C=O) groups is 1. The van der Waals surface area contributed by atoms with Crippen LogP contribution in [-0.4, -0.2) is 78.2 Å². The number of hydrogen-bond donors (Lipinski definition) is 2. The van der Waals surface area contributed by atoms with E-state index in [1.54, 1.807) is 6.92 Å². The summed E-state index contributed by atoms with van der Waals surface area (Å²) in [5, 5.41) is 0. The fourth-order valence-corrected chi connectivity index (χ4v) is 3.88. The van der Waals surface area contributed by atoms with Gasteiger partial charge in [-0.1, -0.05) is 0 Å². The third kappa shape index (κ3) is 10.3. The van der Waals surface area contributed by atoms with E-state index in [0.29, 0.717) is 0 Å². The molecule has 0 unspecified atom stereocenters. The second-order valence-corrected chi connectivity index (χ2v) is 8.87. The van der Waals surface area contributed by atoms with Crippen molar-refractivity contribution in [2.45, 2.75) is 58.1 Å². The molecule has 2 fully saturated rings. The van der Waals surface area contributed by atoms with Gasteiger partial charge in [0.2, 0.25) is 5.91 Å². The quantitative estimate of drug-likeness (QED) is 0.473. The van der Waals surface area contributed by atoms with Gasteiger partial charge in [-0.2, -0.15) is 8.42 Å². The van der Waals surface area contributed by atoms with Gasteiger partial charge in [0.25, 0.3) is 0 Å².